The minimum atomic E-state index is -0.178. The van der Waals surface area contributed by atoms with E-state index in [1.54, 1.807) is 36.4 Å². The van der Waals surface area contributed by atoms with Crippen LogP contribution < -0.4 is 15.4 Å². The van der Waals surface area contributed by atoms with Gasteiger partial charge < -0.3 is 20.5 Å². The zero-order valence-electron chi connectivity index (χ0n) is 22.4. The number of unbranched alkanes of at least 4 members (excludes halogenated alkanes) is 15. The van der Waals surface area contributed by atoms with Crippen LogP contribution in [0.1, 0.15) is 110 Å². The lowest BCUT2D eigenvalue weighted by Crippen LogP contribution is -2.29. The quantitative estimate of drug-likeness (QED) is 0.160. The third kappa shape index (κ3) is 14.7. The van der Waals surface area contributed by atoms with Crippen LogP contribution in [0.3, 0.4) is 0 Å². The SMILES string of the molecule is CCCCCCCCCCCCCCCCCCNC(=O)Nc1ccc(Oc2ccc(O)cc2)cc1. The van der Waals surface area contributed by atoms with Gasteiger partial charge in [0.2, 0.25) is 0 Å². The van der Waals surface area contributed by atoms with Crippen LogP contribution in [-0.2, 0) is 0 Å². The Labute approximate surface area is 219 Å². The number of aromatic hydroxyl groups is 1. The fraction of sp³-hybridized carbons (Fsp3) is 0.581. The lowest BCUT2D eigenvalue weighted by molar-refractivity contribution is 0.252. The summed E-state index contributed by atoms with van der Waals surface area (Å²) in [5.41, 5.74) is 0.720. The van der Waals surface area contributed by atoms with Gasteiger partial charge in [-0.2, -0.15) is 0 Å². The zero-order chi connectivity index (χ0) is 25.7. The van der Waals surface area contributed by atoms with Crippen LogP contribution in [0.15, 0.2) is 48.5 Å². The molecule has 2 aromatic carbocycles. The van der Waals surface area contributed by atoms with Crippen LogP contribution in [-0.4, -0.2) is 17.7 Å². The van der Waals surface area contributed by atoms with Gasteiger partial charge in [-0.3, -0.25) is 0 Å². The Bertz CT molecular complexity index is 806. The first-order valence-corrected chi connectivity index (χ1v) is 14.3. The van der Waals surface area contributed by atoms with Crippen molar-refractivity contribution in [3.63, 3.8) is 0 Å². The lowest BCUT2D eigenvalue weighted by atomic mass is 10.0. The van der Waals surface area contributed by atoms with Crippen molar-refractivity contribution in [1.82, 2.24) is 5.32 Å². The number of nitrogens with one attached hydrogen (secondary N) is 2. The molecule has 0 unspecified atom stereocenters. The van der Waals surface area contributed by atoms with Crippen LogP contribution in [0.25, 0.3) is 0 Å². The van der Waals surface area contributed by atoms with E-state index in [0.29, 0.717) is 18.0 Å². The standard InChI is InChI=1S/C31H48N2O3/c1-2-3-4-5-6-7-8-9-10-11-12-13-14-15-16-17-26-32-31(35)33-27-18-22-29(23-19-27)36-30-24-20-28(34)21-25-30/h18-25,34H,2-17,26H2,1H3,(H2,32,33,35). The third-order valence-corrected chi connectivity index (χ3v) is 6.50. The van der Waals surface area contributed by atoms with Gasteiger partial charge in [-0.25, -0.2) is 4.79 Å². The number of rotatable bonds is 20. The Morgan fingerprint density at radius 1 is 0.639 bits per heavy atom. The topological polar surface area (TPSA) is 70.6 Å². The molecule has 0 aliphatic rings. The number of anilines is 1. The van der Waals surface area contributed by atoms with Gasteiger partial charge in [-0.1, -0.05) is 103 Å². The smallest absolute Gasteiger partial charge is 0.319 e. The molecule has 0 radical (unpaired) electrons. The van der Waals surface area contributed by atoms with Crippen LogP contribution in [0.2, 0.25) is 0 Å². The molecule has 5 nitrogen and oxygen atoms in total. The molecule has 0 aliphatic heterocycles. The number of hydrogen-bond acceptors (Lipinski definition) is 3. The second-order valence-electron chi connectivity index (χ2n) is 9.80. The van der Waals surface area contributed by atoms with Crippen LogP contribution in [0, 0.1) is 0 Å². The summed E-state index contributed by atoms with van der Waals surface area (Å²) in [4.78, 5) is 12.1. The van der Waals surface area contributed by atoms with Gasteiger partial charge in [-0.05, 0) is 55.0 Å². The van der Waals surface area contributed by atoms with Crippen molar-refractivity contribution in [3.05, 3.63) is 48.5 Å². The van der Waals surface area contributed by atoms with E-state index in [-0.39, 0.29) is 11.8 Å². The molecule has 0 bridgehead atoms. The second kappa shape index (κ2) is 19.5. The molecule has 36 heavy (non-hydrogen) atoms. The van der Waals surface area contributed by atoms with E-state index in [0.717, 1.165) is 12.1 Å². The number of phenols is 1. The Kier molecular flexibility index (Phi) is 16.0. The minimum absolute atomic E-state index is 0.178. The van der Waals surface area contributed by atoms with Crippen molar-refractivity contribution in [2.75, 3.05) is 11.9 Å². The Balaban J connectivity index is 1.38. The van der Waals surface area contributed by atoms with Crippen molar-refractivity contribution < 1.29 is 14.6 Å². The molecule has 5 heteroatoms. The van der Waals surface area contributed by atoms with E-state index in [1.807, 2.05) is 12.1 Å². The summed E-state index contributed by atoms with van der Waals surface area (Å²) in [6.45, 7) is 2.98. The maximum absolute atomic E-state index is 12.1. The summed E-state index contributed by atoms with van der Waals surface area (Å²) in [6, 6.07) is 13.6. The number of hydrogen-bond donors (Lipinski definition) is 3. The van der Waals surface area contributed by atoms with Crippen molar-refractivity contribution in [3.8, 4) is 17.2 Å². The molecule has 0 aromatic heterocycles. The van der Waals surface area contributed by atoms with Gasteiger partial charge in [0.15, 0.2) is 0 Å². The highest BCUT2D eigenvalue weighted by Gasteiger charge is 2.03. The zero-order valence-corrected chi connectivity index (χ0v) is 22.4. The highest BCUT2D eigenvalue weighted by molar-refractivity contribution is 5.89. The molecule has 0 saturated carbocycles. The average molecular weight is 497 g/mol. The van der Waals surface area contributed by atoms with Gasteiger partial charge >= 0.3 is 6.03 Å². The van der Waals surface area contributed by atoms with Gasteiger partial charge in [0.1, 0.15) is 17.2 Å². The molecule has 2 rings (SSSR count). The summed E-state index contributed by atoms with van der Waals surface area (Å²) in [5, 5.41) is 15.1. The van der Waals surface area contributed by atoms with E-state index in [4.69, 9.17) is 4.74 Å². The van der Waals surface area contributed by atoms with Gasteiger partial charge in [0.25, 0.3) is 0 Å². The van der Waals surface area contributed by atoms with E-state index in [2.05, 4.69) is 17.6 Å². The number of amides is 2. The maximum Gasteiger partial charge on any atom is 0.319 e. The summed E-state index contributed by atoms with van der Waals surface area (Å²) in [5.74, 6) is 1.51. The Hall–Kier alpha value is -2.69. The van der Waals surface area contributed by atoms with E-state index in [1.165, 1.54) is 96.3 Å². The summed E-state index contributed by atoms with van der Waals surface area (Å²) < 4.78 is 5.72. The molecule has 0 heterocycles. The Morgan fingerprint density at radius 2 is 1.06 bits per heavy atom. The molecule has 0 aliphatic carbocycles. The van der Waals surface area contributed by atoms with Crippen molar-refractivity contribution >= 4 is 11.7 Å². The third-order valence-electron chi connectivity index (χ3n) is 6.50. The number of ether oxygens (including phenoxy) is 1. The van der Waals surface area contributed by atoms with Gasteiger partial charge in [-0.15, -0.1) is 0 Å². The molecule has 2 amide bonds. The number of benzene rings is 2. The first-order valence-electron chi connectivity index (χ1n) is 14.3. The minimum Gasteiger partial charge on any atom is -0.508 e. The summed E-state index contributed by atoms with van der Waals surface area (Å²) in [6.07, 6.45) is 21.6. The van der Waals surface area contributed by atoms with Crippen molar-refractivity contribution in [2.45, 2.75) is 110 Å². The van der Waals surface area contributed by atoms with E-state index in [9.17, 15) is 9.90 Å². The fourth-order valence-corrected chi connectivity index (χ4v) is 4.31. The van der Waals surface area contributed by atoms with Crippen LogP contribution in [0.5, 0.6) is 17.2 Å². The molecular formula is C31H48N2O3. The predicted octanol–water partition coefficient (Wildman–Crippen LogP) is 9.57. The first kappa shape index (κ1) is 29.5. The van der Waals surface area contributed by atoms with E-state index < -0.39 is 0 Å². The first-order chi connectivity index (χ1) is 17.7. The highest BCUT2D eigenvalue weighted by atomic mass is 16.5. The maximum atomic E-state index is 12.1. The van der Waals surface area contributed by atoms with E-state index >= 15 is 0 Å². The van der Waals surface area contributed by atoms with Gasteiger partial charge in [0.05, 0.1) is 0 Å². The number of phenolic OH excluding ortho intramolecular Hbond substituents is 1. The normalized spacial score (nSPS) is 10.8. The summed E-state index contributed by atoms with van der Waals surface area (Å²) in [7, 11) is 0. The second-order valence-corrected chi connectivity index (χ2v) is 9.80. The fourth-order valence-electron chi connectivity index (χ4n) is 4.31. The number of urea groups is 1. The molecule has 200 valence electrons. The monoisotopic (exact) mass is 496 g/mol. The van der Waals surface area contributed by atoms with Crippen molar-refractivity contribution in [1.29, 1.82) is 0 Å². The molecule has 0 saturated heterocycles. The molecule has 2 aromatic rings. The largest absolute Gasteiger partial charge is 0.508 e. The Morgan fingerprint density at radius 3 is 1.53 bits per heavy atom. The molecule has 0 atom stereocenters. The number of carbonyl (C=O) groups is 1. The van der Waals surface area contributed by atoms with Gasteiger partial charge in [0, 0.05) is 12.2 Å². The lowest BCUT2D eigenvalue weighted by Gasteiger charge is -2.09. The molecule has 0 spiro atoms. The molecule has 0 fully saturated rings. The average Bonchev–Trinajstić information content (AvgIpc) is 2.88. The van der Waals surface area contributed by atoms with Crippen LogP contribution in [0.4, 0.5) is 10.5 Å². The summed E-state index contributed by atoms with van der Waals surface area (Å²) >= 11 is 0. The number of carbonyl (C=O) groups excluding carboxylic acids is 1. The van der Waals surface area contributed by atoms with Crippen molar-refractivity contribution in [2.24, 2.45) is 0 Å². The predicted molar refractivity (Wildman–Crippen MR) is 151 cm³/mol. The molecule has 3 N–H and O–H groups in total. The van der Waals surface area contributed by atoms with Crippen LogP contribution >= 0.6 is 0 Å². The highest BCUT2D eigenvalue weighted by Crippen LogP contribution is 2.24. The molecular weight excluding hydrogens is 448 g/mol.